The van der Waals surface area contributed by atoms with Crippen LogP contribution in [-0.4, -0.2) is 41.3 Å². The van der Waals surface area contributed by atoms with E-state index in [1.807, 2.05) is 6.07 Å². The molecule has 2 aliphatic heterocycles. The first-order valence-corrected chi connectivity index (χ1v) is 9.15. The summed E-state index contributed by atoms with van der Waals surface area (Å²) in [5.74, 6) is 0.229. The number of anilines is 3. The topological polar surface area (TPSA) is 65.5 Å². The number of benzene rings is 1. The molecule has 2 aromatic rings. The van der Waals surface area contributed by atoms with E-state index in [1.54, 1.807) is 41.4 Å². The van der Waals surface area contributed by atoms with E-state index in [9.17, 15) is 9.59 Å². The van der Waals surface area contributed by atoms with Crippen LogP contribution in [0.5, 0.6) is 0 Å². The summed E-state index contributed by atoms with van der Waals surface area (Å²) >= 11 is 0. The van der Waals surface area contributed by atoms with Crippen molar-refractivity contribution in [3.8, 4) is 0 Å². The fourth-order valence-electron chi connectivity index (χ4n) is 3.66. The second kappa shape index (κ2) is 7.25. The molecule has 0 bridgehead atoms. The van der Waals surface area contributed by atoms with Gasteiger partial charge in [0.25, 0.3) is 5.91 Å². The molecule has 6 nitrogen and oxygen atoms in total. The zero-order chi connectivity index (χ0) is 17.9. The van der Waals surface area contributed by atoms with Gasteiger partial charge in [-0.25, -0.2) is 4.98 Å². The lowest BCUT2D eigenvalue weighted by Gasteiger charge is -2.23. The lowest BCUT2D eigenvalue weighted by atomic mass is 10.1. The van der Waals surface area contributed by atoms with Gasteiger partial charge in [0.2, 0.25) is 5.91 Å². The van der Waals surface area contributed by atoms with Crippen molar-refractivity contribution >= 4 is 29.0 Å². The first kappa shape index (κ1) is 16.7. The Morgan fingerprint density at radius 1 is 1.12 bits per heavy atom. The van der Waals surface area contributed by atoms with Gasteiger partial charge in [-0.05, 0) is 63.2 Å². The molecule has 0 aliphatic carbocycles. The van der Waals surface area contributed by atoms with Crippen LogP contribution in [0.1, 0.15) is 36.0 Å². The van der Waals surface area contributed by atoms with Crippen LogP contribution in [0.2, 0.25) is 0 Å². The van der Waals surface area contributed by atoms with E-state index in [1.165, 1.54) is 12.8 Å². The van der Waals surface area contributed by atoms with Gasteiger partial charge < -0.3 is 10.2 Å². The Hall–Kier alpha value is -2.73. The number of rotatable bonds is 4. The SMILES string of the molecule is O=C1Nc2cccnc2N(C(=O)CCCN2CCCC2)c2ccccc21. The molecule has 4 rings (SSSR count). The summed E-state index contributed by atoms with van der Waals surface area (Å²) in [6.07, 6.45) is 5.37. The molecule has 2 amide bonds. The van der Waals surface area contributed by atoms with E-state index in [0.29, 0.717) is 29.2 Å². The molecule has 2 aliphatic rings. The normalized spacial score (nSPS) is 16.6. The summed E-state index contributed by atoms with van der Waals surface area (Å²) in [4.78, 5) is 34.0. The fraction of sp³-hybridized carbons (Fsp3) is 0.350. The summed E-state index contributed by atoms with van der Waals surface area (Å²) in [7, 11) is 0. The van der Waals surface area contributed by atoms with E-state index in [4.69, 9.17) is 0 Å². The van der Waals surface area contributed by atoms with Crippen LogP contribution >= 0.6 is 0 Å². The van der Waals surface area contributed by atoms with Gasteiger partial charge >= 0.3 is 0 Å². The second-order valence-electron chi connectivity index (χ2n) is 6.73. The Balaban J connectivity index is 1.62. The maximum absolute atomic E-state index is 13.1. The van der Waals surface area contributed by atoms with Crippen molar-refractivity contribution in [1.82, 2.24) is 9.88 Å². The average Bonchev–Trinajstić information content (AvgIpc) is 3.13. The van der Waals surface area contributed by atoms with E-state index in [0.717, 1.165) is 26.1 Å². The van der Waals surface area contributed by atoms with Crippen LogP contribution < -0.4 is 10.2 Å². The number of fused-ring (bicyclic) bond motifs is 2. The van der Waals surface area contributed by atoms with E-state index >= 15 is 0 Å². The van der Waals surface area contributed by atoms with E-state index < -0.39 is 0 Å². The minimum Gasteiger partial charge on any atom is -0.319 e. The molecule has 0 radical (unpaired) electrons. The van der Waals surface area contributed by atoms with Gasteiger partial charge in [0.15, 0.2) is 5.82 Å². The molecule has 0 saturated carbocycles. The van der Waals surface area contributed by atoms with Gasteiger partial charge in [0.05, 0.1) is 16.9 Å². The number of aromatic nitrogens is 1. The molecule has 6 heteroatoms. The molecule has 1 saturated heterocycles. The van der Waals surface area contributed by atoms with Crippen LogP contribution in [0.25, 0.3) is 0 Å². The Morgan fingerprint density at radius 3 is 2.77 bits per heavy atom. The zero-order valence-corrected chi connectivity index (χ0v) is 14.6. The molecule has 0 spiro atoms. The highest BCUT2D eigenvalue weighted by Crippen LogP contribution is 2.36. The molecule has 26 heavy (non-hydrogen) atoms. The van der Waals surface area contributed by atoms with Gasteiger partial charge in [-0.1, -0.05) is 12.1 Å². The van der Waals surface area contributed by atoms with Crippen LogP contribution in [0.4, 0.5) is 17.2 Å². The maximum atomic E-state index is 13.1. The Labute approximate surface area is 152 Å². The molecule has 1 fully saturated rings. The van der Waals surface area contributed by atoms with Crippen LogP contribution in [0.3, 0.4) is 0 Å². The van der Waals surface area contributed by atoms with Crippen molar-refractivity contribution in [2.45, 2.75) is 25.7 Å². The smallest absolute Gasteiger partial charge is 0.257 e. The third-order valence-corrected chi connectivity index (χ3v) is 4.95. The third-order valence-electron chi connectivity index (χ3n) is 4.95. The van der Waals surface area contributed by atoms with Crippen LogP contribution in [-0.2, 0) is 4.79 Å². The van der Waals surface area contributed by atoms with Crippen LogP contribution in [0, 0.1) is 0 Å². The van der Waals surface area contributed by atoms with Gasteiger partial charge in [-0.2, -0.15) is 0 Å². The summed E-state index contributed by atoms with van der Waals surface area (Å²) in [5, 5.41) is 2.86. The number of hydrogen-bond acceptors (Lipinski definition) is 4. The highest BCUT2D eigenvalue weighted by Gasteiger charge is 2.29. The molecule has 3 heterocycles. The first-order chi connectivity index (χ1) is 12.7. The molecule has 134 valence electrons. The number of carbonyl (C=O) groups excluding carboxylic acids is 2. The van der Waals surface area contributed by atoms with Crippen molar-refractivity contribution in [2.24, 2.45) is 0 Å². The van der Waals surface area contributed by atoms with Crippen LogP contribution in [0.15, 0.2) is 42.6 Å². The summed E-state index contributed by atoms with van der Waals surface area (Å²) < 4.78 is 0. The number of para-hydroxylation sites is 1. The Morgan fingerprint density at radius 2 is 1.92 bits per heavy atom. The quantitative estimate of drug-likeness (QED) is 0.920. The second-order valence-corrected chi connectivity index (χ2v) is 6.73. The number of hydrogen-bond donors (Lipinski definition) is 1. The molecule has 0 unspecified atom stereocenters. The number of likely N-dealkylation sites (tertiary alicyclic amines) is 1. The van der Waals surface area contributed by atoms with Gasteiger partial charge in [-0.15, -0.1) is 0 Å². The Bertz CT molecular complexity index is 830. The monoisotopic (exact) mass is 350 g/mol. The van der Waals surface area contributed by atoms with Gasteiger partial charge in [-0.3, -0.25) is 14.5 Å². The Kier molecular flexibility index (Phi) is 4.67. The van der Waals surface area contributed by atoms with Crippen molar-refractivity contribution < 1.29 is 9.59 Å². The standard InChI is InChI=1S/C20H22N4O2/c25-18(10-6-14-23-12-3-4-13-23)24-17-9-2-1-7-15(17)20(26)22-16-8-5-11-21-19(16)24/h1-2,5,7-9,11H,3-4,6,10,12-14H2,(H,22,26). The van der Waals surface area contributed by atoms with E-state index in [2.05, 4.69) is 15.2 Å². The molecular formula is C20H22N4O2. The largest absolute Gasteiger partial charge is 0.319 e. The maximum Gasteiger partial charge on any atom is 0.257 e. The summed E-state index contributed by atoms with van der Waals surface area (Å²) in [6, 6.07) is 10.7. The highest BCUT2D eigenvalue weighted by molar-refractivity contribution is 6.17. The number of amides is 2. The summed E-state index contributed by atoms with van der Waals surface area (Å²) in [6.45, 7) is 3.20. The molecule has 1 aromatic heterocycles. The average molecular weight is 350 g/mol. The highest BCUT2D eigenvalue weighted by atomic mass is 16.2. The van der Waals surface area contributed by atoms with E-state index in [-0.39, 0.29) is 11.8 Å². The number of nitrogens with zero attached hydrogens (tertiary/aromatic N) is 3. The number of pyridine rings is 1. The zero-order valence-electron chi connectivity index (χ0n) is 14.6. The minimum absolute atomic E-state index is 0.0342. The third kappa shape index (κ3) is 3.20. The molecule has 1 N–H and O–H groups in total. The predicted molar refractivity (Wildman–Crippen MR) is 101 cm³/mol. The lowest BCUT2D eigenvalue weighted by Crippen LogP contribution is -2.28. The molecule has 0 atom stereocenters. The van der Waals surface area contributed by atoms with Gasteiger partial charge in [0.1, 0.15) is 0 Å². The number of nitrogens with one attached hydrogen (secondary N) is 1. The van der Waals surface area contributed by atoms with Crippen molar-refractivity contribution in [1.29, 1.82) is 0 Å². The first-order valence-electron chi connectivity index (χ1n) is 9.15. The predicted octanol–water partition coefficient (Wildman–Crippen LogP) is 3.19. The number of carbonyl (C=O) groups is 2. The van der Waals surface area contributed by atoms with Crippen molar-refractivity contribution in [2.75, 3.05) is 29.9 Å². The van der Waals surface area contributed by atoms with Crippen molar-refractivity contribution in [3.63, 3.8) is 0 Å². The minimum atomic E-state index is -0.220. The van der Waals surface area contributed by atoms with Crippen molar-refractivity contribution in [3.05, 3.63) is 48.2 Å². The fourth-order valence-corrected chi connectivity index (χ4v) is 3.66. The molecular weight excluding hydrogens is 328 g/mol. The molecule has 1 aromatic carbocycles. The lowest BCUT2D eigenvalue weighted by molar-refractivity contribution is -0.118. The summed E-state index contributed by atoms with van der Waals surface area (Å²) in [5.41, 5.74) is 1.63. The van der Waals surface area contributed by atoms with Gasteiger partial charge in [0, 0.05) is 12.6 Å².